The van der Waals surface area contributed by atoms with Gasteiger partial charge in [0.2, 0.25) is 0 Å². The molecule has 0 amide bonds. The van der Waals surface area contributed by atoms with Crippen molar-refractivity contribution >= 4 is 11.7 Å². The van der Waals surface area contributed by atoms with E-state index in [1.807, 2.05) is 13.0 Å². The van der Waals surface area contributed by atoms with Crippen molar-refractivity contribution in [2.45, 2.75) is 58.2 Å². The average molecular weight is 480 g/mol. The summed E-state index contributed by atoms with van der Waals surface area (Å²) in [5.41, 5.74) is 5.63. The number of rotatable bonds is 8. The highest BCUT2D eigenvalue weighted by atomic mass is 16.5. The number of morpholine rings is 1. The van der Waals surface area contributed by atoms with Crippen LogP contribution in [0.25, 0.3) is 11.1 Å². The first-order valence-corrected chi connectivity index (χ1v) is 13.1. The van der Waals surface area contributed by atoms with Gasteiger partial charge in [0.15, 0.2) is 0 Å². The van der Waals surface area contributed by atoms with Gasteiger partial charge in [-0.15, -0.1) is 0 Å². The smallest absolute Gasteiger partial charge is 0.336 e. The summed E-state index contributed by atoms with van der Waals surface area (Å²) in [4.78, 5) is 19.4. The van der Waals surface area contributed by atoms with Crippen LogP contribution in [-0.4, -0.2) is 79.9 Å². The Labute approximate surface area is 210 Å². The third-order valence-corrected chi connectivity index (χ3v) is 7.90. The fourth-order valence-electron chi connectivity index (χ4n) is 5.72. The molecule has 0 spiro atoms. The second kappa shape index (κ2) is 11.5. The van der Waals surface area contributed by atoms with Crippen molar-refractivity contribution < 1.29 is 14.6 Å². The van der Waals surface area contributed by atoms with Crippen molar-refractivity contribution in [3.8, 4) is 11.1 Å². The second-order valence-corrected chi connectivity index (χ2v) is 10.3. The number of ether oxygens (including phenoxy) is 1. The van der Waals surface area contributed by atoms with Crippen molar-refractivity contribution in [1.82, 2.24) is 9.80 Å². The Bertz CT molecular complexity index is 991. The van der Waals surface area contributed by atoms with Crippen LogP contribution in [0.3, 0.4) is 0 Å². The summed E-state index contributed by atoms with van der Waals surface area (Å²) in [7, 11) is 4.34. The molecule has 2 aliphatic rings. The SMILES string of the molecule is CCN(c1cc(-c2ccc(CN3CCOCC3)cc2)cc(C(=O)O)c1C)[C@H]1CC[C@H](N(C)C)CC1. The molecule has 6 heteroatoms. The van der Waals surface area contributed by atoms with Crippen molar-refractivity contribution in [3.05, 3.63) is 53.1 Å². The van der Waals surface area contributed by atoms with Crippen molar-refractivity contribution in [2.24, 2.45) is 0 Å². The zero-order valence-electron chi connectivity index (χ0n) is 21.8. The highest BCUT2D eigenvalue weighted by Gasteiger charge is 2.28. The minimum absolute atomic E-state index is 0.398. The van der Waals surface area contributed by atoms with Gasteiger partial charge in [-0.1, -0.05) is 24.3 Å². The molecule has 0 aromatic heterocycles. The van der Waals surface area contributed by atoms with Gasteiger partial charge in [-0.05, 0) is 88.0 Å². The van der Waals surface area contributed by atoms with E-state index in [2.05, 4.69) is 66.1 Å². The van der Waals surface area contributed by atoms with E-state index in [1.165, 1.54) is 18.4 Å². The molecule has 0 unspecified atom stereocenters. The molecule has 0 atom stereocenters. The molecule has 1 saturated heterocycles. The number of carboxylic acids is 1. The number of hydrogen-bond acceptors (Lipinski definition) is 5. The van der Waals surface area contributed by atoms with E-state index in [0.29, 0.717) is 17.6 Å². The molecule has 2 fully saturated rings. The maximum Gasteiger partial charge on any atom is 0.336 e. The summed E-state index contributed by atoms with van der Waals surface area (Å²) in [6, 6.07) is 13.7. The van der Waals surface area contributed by atoms with Crippen molar-refractivity contribution in [3.63, 3.8) is 0 Å². The average Bonchev–Trinajstić information content (AvgIpc) is 2.87. The molecule has 2 aromatic rings. The minimum atomic E-state index is -0.859. The summed E-state index contributed by atoms with van der Waals surface area (Å²) in [5, 5.41) is 10.0. The highest BCUT2D eigenvalue weighted by Crippen LogP contribution is 2.35. The zero-order valence-corrected chi connectivity index (χ0v) is 21.8. The second-order valence-electron chi connectivity index (χ2n) is 10.3. The first-order valence-electron chi connectivity index (χ1n) is 13.1. The number of nitrogens with zero attached hydrogens (tertiary/aromatic N) is 3. The summed E-state index contributed by atoms with van der Waals surface area (Å²) < 4.78 is 5.46. The Morgan fingerprint density at radius 3 is 2.20 bits per heavy atom. The van der Waals surface area contributed by atoms with Crippen LogP contribution in [0.1, 0.15) is 54.1 Å². The minimum Gasteiger partial charge on any atom is -0.478 e. The number of aromatic carboxylic acids is 1. The number of benzene rings is 2. The van der Waals surface area contributed by atoms with Crippen LogP contribution in [-0.2, 0) is 11.3 Å². The zero-order chi connectivity index (χ0) is 24.9. The normalized spacial score (nSPS) is 21.3. The number of carboxylic acid groups (broad SMARTS) is 1. The lowest BCUT2D eigenvalue weighted by molar-refractivity contribution is 0.0342. The van der Waals surface area contributed by atoms with Gasteiger partial charge >= 0.3 is 5.97 Å². The molecule has 1 saturated carbocycles. The van der Waals surface area contributed by atoms with Gasteiger partial charge in [-0.25, -0.2) is 4.79 Å². The summed E-state index contributed by atoms with van der Waals surface area (Å²) in [5.74, 6) is -0.859. The fraction of sp³-hybridized carbons (Fsp3) is 0.552. The van der Waals surface area contributed by atoms with E-state index in [4.69, 9.17) is 4.74 Å². The Hall–Kier alpha value is -2.41. The maximum atomic E-state index is 12.2. The van der Waals surface area contributed by atoms with Crippen LogP contribution < -0.4 is 4.90 Å². The van der Waals surface area contributed by atoms with Crippen molar-refractivity contribution in [1.29, 1.82) is 0 Å². The van der Waals surface area contributed by atoms with Gasteiger partial charge in [-0.2, -0.15) is 0 Å². The Morgan fingerprint density at radius 1 is 1.00 bits per heavy atom. The summed E-state index contributed by atoms with van der Waals surface area (Å²) in [6.45, 7) is 9.47. The van der Waals surface area contributed by atoms with Gasteiger partial charge in [0, 0.05) is 44.0 Å². The van der Waals surface area contributed by atoms with Gasteiger partial charge in [0.1, 0.15) is 0 Å². The van der Waals surface area contributed by atoms with Crippen molar-refractivity contribution in [2.75, 3.05) is 51.8 Å². The molecule has 0 bridgehead atoms. The molecule has 6 nitrogen and oxygen atoms in total. The lowest BCUT2D eigenvalue weighted by atomic mass is 9.88. The molecule has 35 heavy (non-hydrogen) atoms. The Morgan fingerprint density at radius 2 is 1.63 bits per heavy atom. The highest BCUT2D eigenvalue weighted by molar-refractivity contribution is 5.94. The van der Waals surface area contributed by atoms with E-state index >= 15 is 0 Å². The maximum absolute atomic E-state index is 12.2. The van der Waals surface area contributed by atoms with Gasteiger partial charge in [0.25, 0.3) is 0 Å². The number of carbonyl (C=O) groups is 1. The molecule has 0 radical (unpaired) electrons. The lowest BCUT2D eigenvalue weighted by Crippen LogP contribution is -2.42. The third-order valence-electron chi connectivity index (χ3n) is 7.90. The molecule has 1 aliphatic carbocycles. The van der Waals surface area contributed by atoms with Crippen LogP contribution in [0.4, 0.5) is 5.69 Å². The summed E-state index contributed by atoms with van der Waals surface area (Å²) >= 11 is 0. The Kier molecular flexibility index (Phi) is 8.47. The molecule has 1 heterocycles. The monoisotopic (exact) mass is 479 g/mol. The third kappa shape index (κ3) is 6.05. The molecule has 1 N–H and O–H groups in total. The molecule has 4 rings (SSSR count). The van der Waals surface area contributed by atoms with Gasteiger partial charge in [-0.3, -0.25) is 4.90 Å². The van der Waals surface area contributed by atoms with Crippen LogP contribution >= 0.6 is 0 Å². The first-order chi connectivity index (χ1) is 16.9. The van der Waals surface area contributed by atoms with Crippen LogP contribution in [0.15, 0.2) is 36.4 Å². The topological polar surface area (TPSA) is 56.3 Å². The molecule has 190 valence electrons. The van der Waals surface area contributed by atoms with Crippen LogP contribution in [0.5, 0.6) is 0 Å². The molecular weight excluding hydrogens is 438 g/mol. The van der Waals surface area contributed by atoms with E-state index in [9.17, 15) is 9.90 Å². The lowest BCUT2D eigenvalue weighted by Gasteiger charge is -2.40. The molecule has 2 aromatic carbocycles. The number of hydrogen-bond donors (Lipinski definition) is 1. The predicted octanol–water partition coefficient (Wildman–Crippen LogP) is 4.89. The van der Waals surface area contributed by atoms with E-state index in [0.717, 1.165) is 74.6 Å². The number of anilines is 1. The quantitative estimate of drug-likeness (QED) is 0.582. The van der Waals surface area contributed by atoms with Gasteiger partial charge < -0.3 is 19.6 Å². The largest absolute Gasteiger partial charge is 0.478 e. The molecular formula is C29H41N3O3. The predicted molar refractivity (Wildman–Crippen MR) is 142 cm³/mol. The van der Waals surface area contributed by atoms with Crippen LogP contribution in [0, 0.1) is 6.92 Å². The Balaban J connectivity index is 1.60. The van der Waals surface area contributed by atoms with E-state index < -0.39 is 5.97 Å². The van der Waals surface area contributed by atoms with E-state index in [1.54, 1.807) is 0 Å². The van der Waals surface area contributed by atoms with Crippen LogP contribution in [0.2, 0.25) is 0 Å². The van der Waals surface area contributed by atoms with Gasteiger partial charge in [0.05, 0.1) is 18.8 Å². The van der Waals surface area contributed by atoms with E-state index in [-0.39, 0.29) is 0 Å². The molecule has 1 aliphatic heterocycles. The summed E-state index contributed by atoms with van der Waals surface area (Å²) in [6.07, 6.45) is 4.64. The first kappa shape index (κ1) is 25.7. The fourth-order valence-corrected chi connectivity index (χ4v) is 5.72. The standard InChI is InChI=1S/C29H41N3O3/c1-5-32(26-12-10-25(11-13-26)30(3)4)28-19-24(18-27(21(28)2)29(33)34)23-8-6-22(7-9-23)20-31-14-16-35-17-15-31/h6-9,18-19,25-26H,5,10-17,20H2,1-4H3,(H,33,34)/t25-,26-.